The highest BCUT2D eigenvalue weighted by Crippen LogP contribution is 2.39. The van der Waals surface area contributed by atoms with Gasteiger partial charge in [-0.2, -0.15) is 0 Å². The van der Waals surface area contributed by atoms with E-state index in [0.717, 1.165) is 0 Å². The summed E-state index contributed by atoms with van der Waals surface area (Å²) in [5, 5.41) is 11.8. The van der Waals surface area contributed by atoms with Gasteiger partial charge >= 0.3 is 5.69 Å². The molecule has 2 aromatic carbocycles. The van der Waals surface area contributed by atoms with Crippen LogP contribution in [-0.4, -0.2) is 49.2 Å². The highest BCUT2D eigenvalue weighted by Gasteiger charge is 2.33. The lowest BCUT2D eigenvalue weighted by molar-refractivity contribution is -0.385. The number of hydrogen-bond acceptors (Lipinski definition) is 9. The first-order valence-electron chi connectivity index (χ1n) is 10.2. The minimum atomic E-state index is -0.641. The third kappa shape index (κ3) is 4.91. The molecule has 33 heavy (non-hydrogen) atoms. The Hall–Kier alpha value is -3.63. The highest BCUT2D eigenvalue weighted by molar-refractivity contribution is 5.88. The van der Waals surface area contributed by atoms with Crippen LogP contribution in [0.25, 0.3) is 10.9 Å². The molecule has 0 N–H and O–H groups in total. The average molecular weight is 456 g/mol. The van der Waals surface area contributed by atoms with Crippen molar-refractivity contribution in [3.05, 3.63) is 52.7 Å². The van der Waals surface area contributed by atoms with E-state index in [1.165, 1.54) is 25.3 Å². The van der Waals surface area contributed by atoms with Crippen molar-refractivity contribution in [1.82, 2.24) is 4.98 Å². The second-order valence-electron chi connectivity index (χ2n) is 7.78. The summed E-state index contributed by atoms with van der Waals surface area (Å²) in [6.07, 6.45) is 1.39. The molecule has 10 heteroatoms. The van der Waals surface area contributed by atoms with Crippen LogP contribution in [0.5, 0.6) is 28.7 Å². The zero-order chi connectivity index (χ0) is 23.6. The first-order chi connectivity index (χ1) is 15.8. The van der Waals surface area contributed by atoms with E-state index in [1.807, 2.05) is 13.8 Å². The van der Waals surface area contributed by atoms with Gasteiger partial charge in [-0.15, -0.1) is 0 Å². The summed E-state index contributed by atoms with van der Waals surface area (Å²) in [7, 11) is 2.92. The lowest BCUT2D eigenvalue weighted by Gasteiger charge is -2.18. The zero-order valence-corrected chi connectivity index (χ0v) is 18.7. The first-order valence-corrected chi connectivity index (χ1v) is 10.2. The molecule has 1 fully saturated rings. The van der Waals surface area contributed by atoms with Gasteiger partial charge in [-0.25, -0.2) is 0 Å². The highest BCUT2D eigenvalue weighted by atomic mass is 16.7. The third-order valence-corrected chi connectivity index (χ3v) is 5.05. The van der Waals surface area contributed by atoms with Crippen LogP contribution in [-0.2, 0) is 9.47 Å². The molecule has 2 heterocycles. The number of nitro benzene ring substituents is 1. The molecule has 1 unspecified atom stereocenters. The molecule has 0 aliphatic carbocycles. The monoisotopic (exact) mass is 456 g/mol. The number of ether oxygens (including phenoxy) is 6. The Labute approximate surface area is 190 Å². The maximum atomic E-state index is 11.1. The van der Waals surface area contributed by atoms with Crippen LogP contribution in [0.1, 0.15) is 13.8 Å². The number of methoxy groups -OCH3 is 2. The number of nitro groups is 1. The summed E-state index contributed by atoms with van der Waals surface area (Å²) < 4.78 is 34.0. The van der Waals surface area contributed by atoms with E-state index in [-0.39, 0.29) is 24.1 Å². The molecule has 1 atom stereocenters. The second-order valence-corrected chi connectivity index (χ2v) is 7.78. The van der Waals surface area contributed by atoms with Crippen LogP contribution in [0, 0.1) is 10.1 Å². The van der Waals surface area contributed by atoms with Crippen molar-refractivity contribution in [2.45, 2.75) is 25.7 Å². The largest absolute Gasteiger partial charge is 0.493 e. The lowest BCUT2D eigenvalue weighted by atomic mass is 10.1. The van der Waals surface area contributed by atoms with Crippen LogP contribution in [0.15, 0.2) is 42.6 Å². The molecule has 0 amide bonds. The topological polar surface area (TPSA) is 111 Å². The Morgan fingerprint density at radius 2 is 1.88 bits per heavy atom. The van der Waals surface area contributed by atoms with Gasteiger partial charge in [0.15, 0.2) is 17.3 Å². The predicted molar refractivity (Wildman–Crippen MR) is 118 cm³/mol. The number of fused-ring (bicyclic) bond motifs is 1. The molecule has 1 aromatic heterocycles. The van der Waals surface area contributed by atoms with Gasteiger partial charge in [0.2, 0.25) is 5.75 Å². The van der Waals surface area contributed by atoms with Gasteiger partial charge in [0, 0.05) is 29.8 Å². The first kappa shape index (κ1) is 22.6. The fourth-order valence-corrected chi connectivity index (χ4v) is 3.52. The molecule has 10 nitrogen and oxygen atoms in total. The maximum absolute atomic E-state index is 11.1. The molecule has 1 aliphatic rings. The van der Waals surface area contributed by atoms with Crippen molar-refractivity contribution in [2.24, 2.45) is 0 Å². The van der Waals surface area contributed by atoms with Crippen LogP contribution in [0.4, 0.5) is 5.69 Å². The van der Waals surface area contributed by atoms with Crippen molar-refractivity contribution < 1.29 is 33.3 Å². The number of aromatic nitrogens is 1. The summed E-state index contributed by atoms with van der Waals surface area (Å²) >= 11 is 0. The van der Waals surface area contributed by atoms with Crippen molar-refractivity contribution in [3.63, 3.8) is 0 Å². The van der Waals surface area contributed by atoms with Gasteiger partial charge in [0.25, 0.3) is 0 Å². The molecule has 0 bridgehead atoms. The minimum Gasteiger partial charge on any atom is -0.493 e. The normalized spacial score (nSPS) is 17.0. The summed E-state index contributed by atoms with van der Waals surface area (Å²) in [6, 6.07) is 9.53. The summed E-state index contributed by atoms with van der Waals surface area (Å²) in [4.78, 5) is 15.0. The predicted octanol–water partition coefficient (Wildman–Crippen LogP) is 4.48. The molecule has 174 valence electrons. The Balaban J connectivity index is 1.63. The Kier molecular flexibility index (Phi) is 6.21. The zero-order valence-electron chi connectivity index (χ0n) is 18.7. The van der Waals surface area contributed by atoms with E-state index in [1.54, 1.807) is 31.5 Å². The van der Waals surface area contributed by atoms with Gasteiger partial charge in [-0.05, 0) is 32.0 Å². The van der Waals surface area contributed by atoms with Crippen molar-refractivity contribution in [2.75, 3.05) is 27.4 Å². The molecule has 1 saturated heterocycles. The molecular weight excluding hydrogens is 432 g/mol. The smallest absolute Gasteiger partial charge is 0.311 e. The average Bonchev–Trinajstić information content (AvgIpc) is 3.15. The van der Waals surface area contributed by atoms with Gasteiger partial charge in [-0.3, -0.25) is 15.1 Å². The number of nitrogens with zero attached hydrogens (tertiary/aromatic N) is 2. The molecule has 0 saturated carbocycles. The summed E-state index contributed by atoms with van der Waals surface area (Å²) in [6.45, 7) is 4.42. The molecular formula is C23H24N2O8. The molecule has 4 rings (SSSR count). The number of hydrogen-bond donors (Lipinski definition) is 0. The fraction of sp³-hybridized carbons (Fsp3) is 0.348. The van der Waals surface area contributed by atoms with Crippen molar-refractivity contribution in [3.8, 4) is 28.7 Å². The number of benzene rings is 2. The number of pyridine rings is 1. The Morgan fingerprint density at radius 1 is 1.09 bits per heavy atom. The van der Waals surface area contributed by atoms with Crippen molar-refractivity contribution in [1.29, 1.82) is 0 Å². The third-order valence-electron chi connectivity index (χ3n) is 5.05. The lowest BCUT2D eigenvalue weighted by Crippen LogP contribution is -2.25. The van der Waals surface area contributed by atoms with E-state index >= 15 is 0 Å². The van der Waals surface area contributed by atoms with E-state index < -0.39 is 10.7 Å². The van der Waals surface area contributed by atoms with Crippen molar-refractivity contribution >= 4 is 16.6 Å². The van der Waals surface area contributed by atoms with Crippen LogP contribution in [0.2, 0.25) is 0 Å². The van der Waals surface area contributed by atoms with E-state index in [2.05, 4.69) is 4.98 Å². The van der Waals surface area contributed by atoms with Crippen LogP contribution < -0.4 is 18.9 Å². The number of rotatable bonds is 8. The van der Waals surface area contributed by atoms with Gasteiger partial charge in [-0.1, -0.05) is 0 Å². The van der Waals surface area contributed by atoms with Crippen LogP contribution in [0.3, 0.4) is 0 Å². The van der Waals surface area contributed by atoms with Gasteiger partial charge in [0.05, 0.1) is 31.3 Å². The summed E-state index contributed by atoms with van der Waals surface area (Å²) in [5.74, 6) is 1.34. The van der Waals surface area contributed by atoms with E-state index in [0.29, 0.717) is 40.5 Å². The Morgan fingerprint density at radius 3 is 2.55 bits per heavy atom. The molecule has 1 aliphatic heterocycles. The fourth-order valence-electron chi connectivity index (χ4n) is 3.52. The molecule has 3 aromatic rings. The molecule has 0 spiro atoms. The summed E-state index contributed by atoms with van der Waals surface area (Å²) in [5.41, 5.74) is 0.485. The van der Waals surface area contributed by atoms with Crippen LogP contribution >= 0.6 is 0 Å². The second kappa shape index (κ2) is 9.08. The minimum absolute atomic E-state index is 0.100. The molecule has 0 radical (unpaired) electrons. The van der Waals surface area contributed by atoms with Gasteiger partial charge in [0.1, 0.15) is 24.2 Å². The Bertz CT molecular complexity index is 1180. The standard InChI is InChI=1S/C23H24N2O8/c1-23(2)31-13-15(33-23)12-30-22-10-16-17(11-21(22)29-4)24-8-7-19(16)32-14-5-6-18(25(26)27)20(9-14)28-3/h5-11,15H,12-13H2,1-4H3. The maximum Gasteiger partial charge on any atom is 0.311 e. The quantitative estimate of drug-likeness (QED) is 0.358. The van der Waals surface area contributed by atoms with E-state index in [4.69, 9.17) is 28.4 Å². The van der Waals surface area contributed by atoms with E-state index in [9.17, 15) is 10.1 Å². The van der Waals surface area contributed by atoms with Gasteiger partial charge < -0.3 is 28.4 Å². The SMILES string of the molecule is COc1cc2nccc(Oc3ccc([N+](=O)[O-])c(OC)c3)c2cc1OCC1COC(C)(C)O1.